The van der Waals surface area contributed by atoms with Crippen LogP contribution in [0.15, 0.2) is 64.5 Å². The van der Waals surface area contributed by atoms with E-state index in [1.807, 2.05) is 13.8 Å². The molecule has 2 rings (SSSR count). The summed E-state index contributed by atoms with van der Waals surface area (Å²) in [4.78, 5) is 4.67. The molecule has 2 aromatic rings. The number of benzene rings is 2. The van der Waals surface area contributed by atoms with Gasteiger partial charge in [0.25, 0.3) is 0 Å². The van der Waals surface area contributed by atoms with E-state index in [2.05, 4.69) is 20.3 Å². The number of hydrogen-bond acceptors (Lipinski definition) is 4. The quantitative estimate of drug-likeness (QED) is 0.310. The molecule has 0 spiro atoms. The van der Waals surface area contributed by atoms with Crippen LogP contribution in [0.5, 0.6) is 5.75 Å². The van der Waals surface area contributed by atoms with E-state index in [9.17, 15) is 12.8 Å². The fraction of sp³-hybridized carbons (Fsp3) is 0.350. The summed E-state index contributed by atoms with van der Waals surface area (Å²) in [5.74, 6) is 0.813. The molecule has 9 heteroatoms. The lowest BCUT2D eigenvalue weighted by molar-refractivity contribution is 0.230. The number of halogens is 1. The number of nitrogens with one attached hydrogen (secondary N) is 3. The van der Waals surface area contributed by atoms with Gasteiger partial charge in [-0.2, -0.15) is 0 Å². The van der Waals surface area contributed by atoms with E-state index in [-0.39, 0.29) is 23.4 Å². The van der Waals surface area contributed by atoms with Gasteiger partial charge in [-0.15, -0.1) is 0 Å². The molecular formula is C20H27FN4O3S. The third kappa shape index (κ3) is 8.08. The second-order valence-electron chi connectivity index (χ2n) is 6.24. The van der Waals surface area contributed by atoms with Gasteiger partial charge in [0.1, 0.15) is 17.7 Å². The minimum atomic E-state index is -3.53. The lowest BCUT2D eigenvalue weighted by atomic mass is 10.3. The lowest BCUT2D eigenvalue weighted by Gasteiger charge is -2.15. The summed E-state index contributed by atoms with van der Waals surface area (Å²) >= 11 is 0. The van der Waals surface area contributed by atoms with Crippen LogP contribution in [0.3, 0.4) is 0 Å². The highest BCUT2D eigenvalue weighted by molar-refractivity contribution is 7.89. The van der Waals surface area contributed by atoms with Gasteiger partial charge in [-0.05, 0) is 50.2 Å². The molecule has 0 aromatic heterocycles. The maximum Gasteiger partial charge on any atom is 0.240 e. The highest BCUT2D eigenvalue weighted by atomic mass is 32.2. The number of hydrogen-bond donors (Lipinski definition) is 3. The van der Waals surface area contributed by atoms with Crippen LogP contribution in [0.4, 0.5) is 4.39 Å². The Labute approximate surface area is 171 Å². The highest BCUT2D eigenvalue weighted by Gasteiger charge is 2.12. The molecule has 0 aliphatic heterocycles. The third-order valence-electron chi connectivity index (χ3n) is 3.76. The molecule has 3 N–H and O–H groups in total. The fourth-order valence-electron chi connectivity index (χ4n) is 2.39. The van der Waals surface area contributed by atoms with Crippen LogP contribution < -0.4 is 20.1 Å². The van der Waals surface area contributed by atoms with Crippen molar-refractivity contribution in [3.05, 3.63) is 60.4 Å². The zero-order valence-corrected chi connectivity index (χ0v) is 17.4. The minimum Gasteiger partial charge on any atom is -0.489 e. The van der Waals surface area contributed by atoms with E-state index >= 15 is 0 Å². The molecule has 0 radical (unpaired) electrons. The second kappa shape index (κ2) is 11.4. The lowest BCUT2D eigenvalue weighted by Crippen LogP contribution is -2.42. The molecular weight excluding hydrogens is 395 g/mol. The van der Waals surface area contributed by atoms with Crippen LogP contribution in [0.1, 0.15) is 13.8 Å². The van der Waals surface area contributed by atoms with E-state index in [1.54, 1.807) is 42.5 Å². The Kier molecular flexibility index (Phi) is 8.88. The molecule has 29 heavy (non-hydrogen) atoms. The summed E-state index contributed by atoms with van der Waals surface area (Å²) in [6, 6.07) is 14.0. The van der Waals surface area contributed by atoms with Gasteiger partial charge in [-0.25, -0.2) is 22.5 Å². The second-order valence-corrected chi connectivity index (χ2v) is 8.01. The Morgan fingerprint density at radius 2 is 1.76 bits per heavy atom. The fourth-order valence-corrected chi connectivity index (χ4v) is 3.45. The predicted octanol–water partition coefficient (Wildman–Crippen LogP) is 2.13. The number of sulfonamides is 1. The topological polar surface area (TPSA) is 91.8 Å². The van der Waals surface area contributed by atoms with Crippen LogP contribution >= 0.6 is 0 Å². The van der Waals surface area contributed by atoms with Gasteiger partial charge in [-0.1, -0.05) is 18.2 Å². The SMILES string of the molecule is CCNC(=NCC(C)Oc1ccc(F)cc1)NCCNS(=O)(=O)c1ccccc1. The van der Waals surface area contributed by atoms with Crippen LogP contribution in [-0.4, -0.2) is 46.7 Å². The van der Waals surface area contributed by atoms with Crippen molar-refractivity contribution in [2.45, 2.75) is 24.8 Å². The molecule has 0 amide bonds. The summed E-state index contributed by atoms with van der Waals surface area (Å²) < 4.78 is 45.6. The minimum absolute atomic E-state index is 0.212. The number of nitrogens with zero attached hydrogens (tertiary/aromatic N) is 1. The molecule has 7 nitrogen and oxygen atoms in total. The number of guanidine groups is 1. The molecule has 0 fully saturated rings. The van der Waals surface area contributed by atoms with Gasteiger partial charge in [0.2, 0.25) is 10.0 Å². The number of ether oxygens (including phenoxy) is 1. The largest absolute Gasteiger partial charge is 0.489 e. The maximum atomic E-state index is 12.9. The van der Waals surface area contributed by atoms with Crippen molar-refractivity contribution in [2.75, 3.05) is 26.2 Å². The maximum absolute atomic E-state index is 12.9. The monoisotopic (exact) mass is 422 g/mol. The smallest absolute Gasteiger partial charge is 0.240 e. The van der Waals surface area contributed by atoms with Crippen molar-refractivity contribution in [3.8, 4) is 5.75 Å². The van der Waals surface area contributed by atoms with Crippen molar-refractivity contribution in [1.82, 2.24) is 15.4 Å². The van der Waals surface area contributed by atoms with Crippen LogP contribution in [0, 0.1) is 5.82 Å². The van der Waals surface area contributed by atoms with Gasteiger partial charge in [-0.3, -0.25) is 0 Å². The Morgan fingerprint density at radius 1 is 1.07 bits per heavy atom. The normalized spacial score (nSPS) is 13.0. The molecule has 0 saturated heterocycles. The first kappa shape index (κ1) is 22.6. The van der Waals surface area contributed by atoms with E-state index in [0.717, 1.165) is 0 Å². The number of rotatable bonds is 10. The van der Waals surface area contributed by atoms with Crippen LogP contribution in [-0.2, 0) is 10.0 Å². The summed E-state index contributed by atoms with van der Waals surface area (Å²) in [5.41, 5.74) is 0. The van der Waals surface area contributed by atoms with Crippen LogP contribution in [0.2, 0.25) is 0 Å². The van der Waals surface area contributed by atoms with Gasteiger partial charge < -0.3 is 15.4 Å². The molecule has 0 heterocycles. The van der Waals surface area contributed by atoms with Crippen molar-refractivity contribution in [1.29, 1.82) is 0 Å². The zero-order chi connectivity index (χ0) is 21.1. The molecule has 1 atom stereocenters. The molecule has 0 saturated carbocycles. The summed E-state index contributed by atoms with van der Waals surface area (Å²) in [5, 5.41) is 6.17. The first-order valence-electron chi connectivity index (χ1n) is 9.40. The molecule has 0 bridgehead atoms. The van der Waals surface area contributed by atoms with Gasteiger partial charge in [0, 0.05) is 19.6 Å². The summed E-state index contributed by atoms with van der Waals surface area (Å²) in [6.07, 6.45) is -0.215. The summed E-state index contributed by atoms with van der Waals surface area (Å²) in [6.45, 7) is 5.42. The van der Waals surface area contributed by atoms with Crippen molar-refractivity contribution < 1.29 is 17.5 Å². The van der Waals surface area contributed by atoms with E-state index in [0.29, 0.717) is 31.3 Å². The molecule has 1 unspecified atom stereocenters. The average molecular weight is 423 g/mol. The van der Waals surface area contributed by atoms with Gasteiger partial charge in [0.05, 0.1) is 11.4 Å². The van der Waals surface area contributed by atoms with Gasteiger partial charge in [0.15, 0.2) is 5.96 Å². The predicted molar refractivity (Wildman–Crippen MR) is 112 cm³/mol. The first-order chi connectivity index (χ1) is 13.9. The Hall–Kier alpha value is -2.65. The molecule has 0 aliphatic carbocycles. The Morgan fingerprint density at radius 3 is 2.41 bits per heavy atom. The molecule has 158 valence electrons. The standard InChI is InChI=1S/C20H27FN4O3S/c1-3-22-20(24-15-16(2)28-18-11-9-17(21)10-12-18)23-13-14-25-29(26,27)19-7-5-4-6-8-19/h4-12,16,25H,3,13-15H2,1-2H3,(H2,22,23,24). The van der Waals surface area contributed by atoms with E-state index in [1.165, 1.54) is 12.1 Å². The third-order valence-corrected chi connectivity index (χ3v) is 5.24. The average Bonchev–Trinajstić information content (AvgIpc) is 2.71. The van der Waals surface area contributed by atoms with E-state index < -0.39 is 10.0 Å². The zero-order valence-electron chi connectivity index (χ0n) is 16.6. The summed E-state index contributed by atoms with van der Waals surface area (Å²) in [7, 11) is -3.53. The van der Waals surface area contributed by atoms with Crippen molar-refractivity contribution in [2.24, 2.45) is 4.99 Å². The Bertz CT molecular complexity index is 874. The van der Waals surface area contributed by atoms with Crippen LogP contribution in [0.25, 0.3) is 0 Å². The Balaban J connectivity index is 1.80. The van der Waals surface area contributed by atoms with Gasteiger partial charge >= 0.3 is 0 Å². The van der Waals surface area contributed by atoms with E-state index in [4.69, 9.17) is 4.74 Å². The first-order valence-corrected chi connectivity index (χ1v) is 10.9. The van der Waals surface area contributed by atoms with Crippen molar-refractivity contribution >= 4 is 16.0 Å². The molecule has 0 aliphatic rings. The van der Waals surface area contributed by atoms with Crippen molar-refractivity contribution in [3.63, 3.8) is 0 Å². The molecule has 2 aromatic carbocycles. The number of aliphatic imine (C=N–C) groups is 1. The highest BCUT2D eigenvalue weighted by Crippen LogP contribution is 2.13.